The topological polar surface area (TPSA) is 73.1 Å². The van der Waals surface area contributed by atoms with Crippen molar-refractivity contribution >= 4 is 16.7 Å². The first-order chi connectivity index (χ1) is 11.6. The lowest BCUT2D eigenvalue weighted by Crippen LogP contribution is -2.27. The Kier molecular flexibility index (Phi) is 4.17. The molecule has 118 valence electrons. The van der Waals surface area contributed by atoms with Gasteiger partial charge >= 0.3 is 0 Å². The fourth-order valence-electron chi connectivity index (χ4n) is 2.86. The van der Waals surface area contributed by atoms with Gasteiger partial charge in [-0.2, -0.15) is 5.26 Å². The minimum Gasteiger partial charge on any atom is -0.508 e. The summed E-state index contributed by atoms with van der Waals surface area (Å²) in [7, 11) is 0. The van der Waals surface area contributed by atoms with E-state index >= 15 is 0 Å². The highest BCUT2D eigenvalue weighted by molar-refractivity contribution is 5.89. The van der Waals surface area contributed by atoms with Gasteiger partial charge in [0.1, 0.15) is 5.75 Å². The van der Waals surface area contributed by atoms with E-state index in [1.165, 1.54) is 6.92 Å². The predicted molar refractivity (Wildman–Crippen MR) is 92.4 cm³/mol. The second-order valence-corrected chi connectivity index (χ2v) is 5.59. The van der Waals surface area contributed by atoms with Crippen LogP contribution in [0.25, 0.3) is 10.8 Å². The number of nitriles is 1. The molecule has 1 amide bonds. The summed E-state index contributed by atoms with van der Waals surface area (Å²) < 4.78 is 0. The van der Waals surface area contributed by atoms with Crippen LogP contribution >= 0.6 is 0 Å². The van der Waals surface area contributed by atoms with E-state index in [0.717, 1.165) is 16.3 Å². The van der Waals surface area contributed by atoms with Crippen molar-refractivity contribution < 1.29 is 9.90 Å². The van der Waals surface area contributed by atoms with Gasteiger partial charge in [-0.05, 0) is 34.5 Å². The molecule has 0 aromatic heterocycles. The molecule has 1 unspecified atom stereocenters. The molecule has 4 heteroatoms. The number of hydrogen-bond donors (Lipinski definition) is 2. The zero-order valence-electron chi connectivity index (χ0n) is 13.2. The van der Waals surface area contributed by atoms with Crippen LogP contribution in [0.4, 0.5) is 0 Å². The average Bonchev–Trinajstić information content (AvgIpc) is 2.60. The monoisotopic (exact) mass is 316 g/mol. The van der Waals surface area contributed by atoms with Gasteiger partial charge < -0.3 is 10.4 Å². The molecule has 0 saturated carbocycles. The Morgan fingerprint density at radius 3 is 2.46 bits per heavy atom. The number of nitrogens with zero attached hydrogens (tertiary/aromatic N) is 1. The molecule has 0 aliphatic heterocycles. The fourth-order valence-corrected chi connectivity index (χ4v) is 2.86. The molecule has 24 heavy (non-hydrogen) atoms. The number of rotatable bonds is 3. The Labute approximate surface area is 140 Å². The second-order valence-electron chi connectivity index (χ2n) is 5.59. The Morgan fingerprint density at radius 2 is 1.79 bits per heavy atom. The molecule has 0 fully saturated rings. The van der Waals surface area contributed by atoms with Crippen molar-refractivity contribution in [2.75, 3.05) is 0 Å². The first-order valence-corrected chi connectivity index (χ1v) is 7.58. The summed E-state index contributed by atoms with van der Waals surface area (Å²) in [5.74, 6) is -0.0755. The van der Waals surface area contributed by atoms with Crippen LogP contribution in [0.5, 0.6) is 5.75 Å². The Bertz CT molecular complexity index is 940. The molecule has 0 spiro atoms. The van der Waals surface area contributed by atoms with Crippen LogP contribution in [0.2, 0.25) is 0 Å². The maximum absolute atomic E-state index is 11.7. The van der Waals surface area contributed by atoms with Crippen molar-refractivity contribution in [1.29, 1.82) is 5.26 Å². The van der Waals surface area contributed by atoms with E-state index in [2.05, 4.69) is 11.4 Å². The third-order valence-electron chi connectivity index (χ3n) is 3.96. The van der Waals surface area contributed by atoms with Crippen LogP contribution in [-0.4, -0.2) is 11.0 Å². The summed E-state index contributed by atoms with van der Waals surface area (Å²) in [4.78, 5) is 11.7. The van der Waals surface area contributed by atoms with Gasteiger partial charge in [-0.25, -0.2) is 0 Å². The van der Waals surface area contributed by atoms with Crippen molar-refractivity contribution in [3.05, 3.63) is 77.4 Å². The lowest BCUT2D eigenvalue weighted by molar-refractivity contribution is -0.119. The van der Waals surface area contributed by atoms with Gasteiger partial charge in [-0.1, -0.05) is 42.5 Å². The number of hydrogen-bond acceptors (Lipinski definition) is 3. The summed E-state index contributed by atoms with van der Waals surface area (Å²) in [6.07, 6.45) is 0. The number of nitrogens with one attached hydrogen (secondary N) is 1. The van der Waals surface area contributed by atoms with Crippen LogP contribution in [-0.2, 0) is 4.79 Å². The van der Waals surface area contributed by atoms with Crippen molar-refractivity contribution in [3.8, 4) is 11.8 Å². The minimum atomic E-state index is -0.499. The summed E-state index contributed by atoms with van der Waals surface area (Å²) in [6.45, 7) is 1.44. The van der Waals surface area contributed by atoms with Gasteiger partial charge in [-0.3, -0.25) is 4.79 Å². The smallest absolute Gasteiger partial charge is 0.217 e. The average molecular weight is 316 g/mol. The number of carbonyl (C=O) groups is 1. The lowest BCUT2D eigenvalue weighted by atomic mass is 9.92. The summed E-state index contributed by atoms with van der Waals surface area (Å²) in [6, 6.07) is 19.8. The number of benzene rings is 3. The number of aromatic hydroxyl groups is 1. The quantitative estimate of drug-likeness (QED) is 0.774. The maximum Gasteiger partial charge on any atom is 0.217 e. The Balaban J connectivity index is 2.21. The highest BCUT2D eigenvalue weighted by atomic mass is 16.3. The molecule has 0 saturated heterocycles. The molecule has 3 aromatic carbocycles. The van der Waals surface area contributed by atoms with E-state index in [1.807, 2.05) is 30.3 Å². The van der Waals surface area contributed by atoms with E-state index in [1.54, 1.807) is 30.3 Å². The van der Waals surface area contributed by atoms with Crippen LogP contribution in [0, 0.1) is 11.3 Å². The number of fused-ring (bicyclic) bond motifs is 1. The molecule has 4 nitrogen and oxygen atoms in total. The number of phenols is 1. The normalized spacial score (nSPS) is 11.7. The van der Waals surface area contributed by atoms with Gasteiger partial charge in [0, 0.05) is 12.5 Å². The zero-order valence-corrected chi connectivity index (χ0v) is 13.2. The van der Waals surface area contributed by atoms with E-state index in [-0.39, 0.29) is 11.7 Å². The zero-order chi connectivity index (χ0) is 17.1. The third kappa shape index (κ3) is 2.92. The third-order valence-corrected chi connectivity index (χ3v) is 3.96. The number of amides is 1. The second kappa shape index (κ2) is 6.43. The highest BCUT2D eigenvalue weighted by Gasteiger charge is 2.21. The first-order valence-electron chi connectivity index (χ1n) is 7.58. The molecule has 3 rings (SSSR count). The largest absolute Gasteiger partial charge is 0.508 e. The fraction of sp³-hybridized carbons (Fsp3) is 0.100. The van der Waals surface area contributed by atoms with Crippen LogP contribution < -0.4 is 5.32 Å². The molecular formula is C20H16N2O2. The Morgan fingerprint density at radius 1 is 1.08 bits per heavy atom. The summed E-state index contributed by atoms with van der Waals surface area (Å²) >= 11 is 0. The SMILES string of the molecule is CC(=O)NC(c1ccc(C#N)cc1)c1c(O)ccc2ccccc12. The van der Waals surface area contributed by atoms with E-state index in [4.69, 9.17) is 5.26 Å². The lowest BCUT2D eigenvalue weighted by Gasteiger charge is -2.22. The molecule has 0 radical (unpaired) electrons. The minimum absolute atomic E-state index is 0.122. The number of carbonyl (C=O) groups excluding carboxylic acids is 1. The van der Waals surface area contributed by atoms with Crippen molar-refractivity contribution in [1.82, 2.24) is 5.32 Å². The molecule has 0 aliphatic rings. The van der Waals surface area contributed by atoms with E-state index in [0.29, 0.717) is 11.1 Å². The standard InChI is InChI=1S/C20H16N2O2/c1-13(23)22-20(16-8-6-14(12-21)7-9-16)19-17-5-3-2-4-15(17)10-11-18(19)24/h2-11,20,24H,1H3,(H,22,23). The highest BCUT2D eigenvalue weighted by Crippen LogP contribution is 2.35. The Hall–Kier alpha value is -3.32. The van der Waals surface area contributed by atoms with Crippen LogP contribution in [0.3, 0.4) is 0 Å². The van der Waals surface area contributed by atoms with Crippen LogP contribution in [0.1, 0.15) is 29.7 Å². The van der Waals surface area contributed by atoms with Gasteiger partial charge in [0.15, 0.2) is 0 Å². The molecule has 1 atom stereocenters. The van der Waals surface area contributed by atoms with Crippen molar-refractivity contribution in [3.63, 3.8) is 0 Å². The molecule has 0 heterocycles. The molecule has 3 aromatic rings. The van der Waals surface area contributed by atoms with Crippen molar-refractivity contribution in [2.24, 2.45) is 0 Å². The van der Waals surface area contributed by atoms with Gasteiger partial charge in [0.2, 0.25) is 5.91 Å². The molecular weight excluding hydrogens is 300 g/mol. The number of phenolic OH excluding ortho intramolecular Hbond substituents is 1. The molecule has 0 bridgehead atoms. The van der Waals surface area contributed by atoms with Gasteiger partial charge in [-0.15, -0.1) is 0 Å². The summed E-state index contributed by atoms with van der Waals surface area (Å²) in [5, 5.41) is 24.2. The van der Waals surface area contributed by atoms with Gasteiger partial charge in [0.05, 0.1) is 17.7 Å². The maximum atomic E-state index is 11.7. The first kappa shape index (κ1) is 15.6. The van der Waals surface area contributed by atoms with E-state index in [9.17, 15) is 9.90 Å². The van der Waals surface area contributed by atoms with E-state index < -0.39 is 6.04 Å². The molecule has 2 N–H and O–H groups in total. The van der Waals surface area contributed by atoms with Gasteiger partial charge in [0.25, 0.3) is 0 Å². The molecule has 0 aliphatic carbocycles. The van der Waals surface area contributed by atoms with Crippen LogP contribution in [0.15, 0.2) is 60.7 Å². The summed E-state index contributed by atoms with van der Waals surface area (Å²) in [5.41, 5.74) is 1.99. The van der Waals surface area contributed by atoms with Crippen molar-refractivity contribution in [2.45, 2.75) is 13.0 Å². The predicted octanol–water partition coefficient (Wildman–Crippen LogP) is 3.64.